The Morgan fingerprint density at radius 2 is 1.92 bits per heavy atom. The van der Waals surface area contributed by atoms with Gasteiger partial charge >= 0.3 is 5.97 Å². The maximum atomic E-state index is 12.1. The standard InChI is InChI=1S/C18H24N2O5S/c1-2-3-4-16(18(22)23)19-17(21)12-7-13-5-10-15(11-6-13)26(24,25)20-14-8-9-14/h2,5-6,10-11,14,16,20H,1,3-4,7-9,12H2,(H,19,21)(H,22,23). The summed E-state index contributed by atoms with van der Waals surface area (Å²) >= 11 is 0. The Bertz CT molecular complexity index is 754. The number of carboxylic acids is 1. The van der Waals surface area contributed by atoms with Crippen LogP contribution in [0.15, 0.2) is 41.8 Å². The van der Waals surface area contributed by atoms with Gasteiger partial charge in [0.25, 0.3) is 0 Å². The summed E-state index contributed by atoms with van der Waals surface area (Å²) in [5.41, 5.74) is 0.809. The van der Waals surface area contributed by atoms with Crippen molar-refractivity contribution in [1.82, 2.24) is 10.0 Å². The highest BCUT2D eigenvalue weighted by Gasteiger charge is 2.27. The van der Waals surface area contributed by atoms with Crippen molar-refractivity contribution in [2.75, 3.05) is 0 Å². The fourth-order valence-electron chi connectivity index (χ4n) is 2.39. The highest BCUT2D eigenvalue weighted by Crippen LogP contribution is 2.22. The Kier molecular flexibility index (Phi) is 6.93. The zero-order valence-corrected chi connectivity index (χ0v) is 15.3. The van der Waals surface area contributed by atoms with Gasteiger partial charge in [-0.15, -0.1) is 6.58 Å². The molecule has 1 saturated carbocycles. The lowest BCUT2D eigenvalue weighted by molar-refractivity contribution is -0.142. The molecule has 1 atom stereocenters. The van der Waals surface area contributed by atoms with Gasteiger partial charge in [0, 0.05) is 12.5 Å². The first kappa shape index (κ1) is 20.1. The number of nitrogens with one attached hydrogen (secondary N) is 2. The molecule has 0 spiro atoms. The number of carbonyl (C=O) groups excluding carboxylic acids is 1. The van der Waals surface area contributed by atoms with E-state index in [2.05, 4.69) is 16.6 Å². The van der Waals surface area contributed by atoms with E-state index >= 15 is 0 Å². The van der Waals surface area contributed by atoms with Crippen LogP contribution in [0.5, 0.6) is 0 Å². The second-order valence-electron chi connectivity index (χ2n) is 6.36. The zero-order valence-electron chi connectivity index (χ0n) is 14.5. The van der Waals surface area contributed by atoms with Gasteiger partial charge in [-0.3, -0.25) is 4.79 Å². The topological polar surface area (TPSA) is 113 Å². The Balaban J connectivity index is 1.85. The average molecular weight is 380 g/mol. The van der Waals surface area contributed by atoms with Crippen molar-refractivity contribution in [2.45, 2.75) is 55.5 Å². The molecule has 1 fully saturated rings. The molecule has 0 aliphatic heterocycles. The third kappa shape index (κ3) is 6.27. The number of hydrogen-bond donors (Lipinski definition) is 3. The number of aryl methyl sites for hydroxylation is 1. The summed E-state index contributed by atoms with van der Waals surface area (Å²) in [6.07, 6.45) is 4.68. The summed E-state index contributed by atoms with van der Waals surface area (Å²) in [7, 11) is -3.48. The minimum Gasteiger partial charge on any atom is -0.480 e. The predicted octanol–water partition coefficient (Wildman–Crippen LogP) is 1.60. The molecular weight excluding hydrogens is 356 g/mol. The summed E-state index contributed by atoms with van der Waals surface area (Å²) in [5, 5.41) is 11.6. The van der Waals surface area contributed by atoms with E-state index in [-0.39, 0.29) is 23.3 Å². The van der Waals surface area contributed by atoms with Crippen molar-refractivity contribution in [1.29, 1.82) is 0 Å². The Labute approximate surface area is 153 Å². The van der Waals surface area contributed by atoms with Gasteiger partial charge in [-0.25, -0.2) is 17.9 Å². The summed E-state index contributed by atoms with van der Waals surface area (Å²) in [5.74, 6) is -1.42. The van der Waals surface area contributed by atoms with E-state index in [0.29, 0.717) is 19.3 Å². The number of sulfonamides is 1. The van der Waals surface area contributed by atoms with Gasteiger partial charge in [0.05, 0.1) is 4.90 Å². The van der Waals surface area contributed by atoms with E-state index < -0.39 is 22.0 Å². The van der Waals surface area contributed by atoms with Crippen LogP contribution in [0.3, 0.4) is 0 Å². The molecule has 0 radical (unpaired) electrons. The lowest BCUT2D eigenvalue weighted by atomic mass is 10.1. The zero-order chi connectivity index (χ0) is 19.2. The van der Waals surface area contributed by atoms with Crippen LogP contribution in [0, 0.1) is 0 Å². The number of benzene rings is 1. The molecule has 142 valence electrons. The van der Waals surface area contributed by atoms with Gasteiger partial charge < -0.3 is 10.4 Å². The first-order valence-electron chi connectivity index (χ1n) is 8.56. The first-order valence-corrected chi connectivity index (χ1v) is 10.0. The molecule has 3 N–H and O–H groups in total. The lowest BCUT2D eigenvalue weighted by Crippen LogP contribution is -2.40. The molecule has 1 amide bonds. The first-order chi connectivity index (χ1) is 12.3. The number of carboxylic acid groups (broad SMARTS) is 1. The molecule has 1 aliphatic rings. The number of aliphatic carboxylic acids is 1. The molecule has 0 bridgehead atoms. The van der Waals surface area contributed by atoms with E-state index in [4.69, 9.17) is 5.11 Å². The van der Waals surface area contributed by atoms with Crippen LogP contribution in [0.1, 0.15) is 37.7 Å². The largest absolute Gasteiger partial charge is 0.480 e. The van der Waals surface area contributed by atoms with Gasteiger partial charge in [0.15, 0.2) is 0 Å². The highest BCUT2D eigenvalue weighted by atomic mass is 32.2. The minimum absolute atomic E-state index is 0.0478. The minimum atomic E-state index is -3.48. The van der Waals surface area contributed by atoms with Crippen molar-refractivity contribution in [3.63, 3.8) is 0 Å². The van der Waals surface area contributed by atoms with Gasteiger partial charge in [0.2, 0.25) is 15.9 Å². The molecule has 0 saturated heterocycles. The maximum Gasteiger partial charge on any atom is 0.326 e. The summed E-state index contributed by atoms with van der Waals surface area (Å²) in [4.78, 5) is 23.3. The summed E-state index contributed by atoms with van der Waals surface area (Å²) in [6, 6.07) is 5.49. The second-order valence-corrected chi connectivity index (χ2v) is 8.08. The van der Waals surface area contributed by atoms with Crippen LogP contribution in [0.4, 0.5) is 0 Å². The van der Waals surface area contributed by atoms with Crippen LogP contribution in [-0.2, 0) is 26.0 Å². The smallest absolute Gasteiger partial charge is 0.326 e. The van der Waals surface area contributed by atoms with Crippen molar-refractivity contribution in [3.05, 3.63) is 42.5 Å². The Morgan fingerprint density at radius 1 is 1.27 bits per heavy atom. The highest BCUT2D eigenvalue weighted by molar-refractivity contribution is 7.89. The van der Waals surface area contributed by atoms with E-state index in [1.807, 2.05) is 0 Å². The lowest BCUT2D eigenvalue weighted by Gasteiger charge is -2.13. The van der Waals surface area contributed by atoms with Crippen molar-refractivity contribution >= 4 is 21.9 Å². The SMILES string of the molecule is C=CCCC(NC(=O)CCc1ccc(S(=O)(=O)NC2CC2)cc1)C(=O)O. The number of hydrogen-bond acceptors (Lipinski definition) is 4. The third-order valence-electron chi connectivity index (χ3n) is 4.07. The fraction of sp³-hybridized carbons (Fsp3) is 0.444. The molecule has 2 rings (SSSR count). The maximum absolute atomic E-state index is 12.1. The van der Waals surface area contributed by atoms with Gasteiger partial charge in [-0.2, -0.15) is 0 Å². The van der Waals surface area contributed by atoms with Crippen LogP contribution < -0.4 is 10.0 Å². The van der Waals surface area contributed by atoms with Crippen LogP contribution in [0.2, 0.25) is 0 Å². The number of amides is 1. The molecule has 1 aliphatic carbocycles. The number of rotatable bonds is 11. The van der Waals surface area contributed by atoms with E-state index in [9.17, 15) is 18.0 Å². The summed E-state index contributed by atoms with van der Waals surface area (Å²) < 4.78 is 26.8. The van der Waals surface area contributed by atoms with Gasteiger partial charge in [-0.1, -0.05) is 18.2 Å². The monoisotopic (exact) mass is 380 g/mol. The molecule has 1 unspecified atom stereocenters. The van der Waals surface area contributed by atoms with Crippen molar-refractivity contribution in [2.24, 2.45) is 0 Å². The quantitative estimate of drug-likeness (QED) is 0.505. The third-order valence-corrected chi connectivity index (χ3v) is 5.60. The van der Waals surface area contributed by atoms with E-state index in [1.165, 1.54) is 12.1 Å². The van der Waals surface area contributed by atoms with E-state index in [0.717, 1.165) is 18.4 Å². The van der Waals surface area contributed by atoms with Gasteiger partial charge in [0.1, 0.15) is 6.04 Å². The molecule has 8 heteroatoms. The number of carbonyl (C=O) groups is 2. The average Bonchev–Trinajstić information content (AvgIpc) is 3.40. The molecule has 7 nitrogen and oxygen atoms in total. The molecule has 1 aromatic carbocycles. The molecular formula is C18H24N2O5S. The normalized spacial score (nSPS) is 15.2. The Hall–Kier alpha value is -2.19. The van der Waals surface area contributed by atoms with Crippen molar-refractivity contribution < 1.29 is 23.1 Å². The molecule has 1 aromatic rings. The predicted molar refractivity (Wildman–Crippen MR) is 97.1 cm³/mol. The Morgan fingerprint density at radius 3 is 2.46 bits per heavy atom. The summed E-state index contributed by atoms with van der Waals surface area (Å²) in [6.45, 7) is 3.54. The molecule has 26 heavy (non-hydrogen) atoms. The molecule has 0 heterocycles. The molecule has 0 aromatic heterocycles. The fourth-order valence-corrected chi connectivity index (χ4v) is 3.70. The second kappa shape index (κ2) is 8.95. The van der Waals surface area contributed by atoms with Crippen LogP contribution >= 0.6 is 0 Å². The van der Waals surface area contributed by atoms with E-state index in [1.54, 1.807) is 18.2 Å². The van der Waals surface area contributed by atoms with Crippen LogP contribution in [-0.4, -0.2) is 37.5 Å². The van der Waals surface area contributed by atoms with Crippen molar-refractivity contribution in [3.8, 4) is 0 Å². The van der Waals surface area contributed by atoms with Gasteiger partial charge in [-0.05, 0) is 49.8 Å². The van der Waals surface area contributed by atoms with Crippen LogP contribution in [0.25, 0.3) is 0 Å². The number of allylic oxidation sites excluding steroid dienone is 1.